The van der Waals surface area contributed by atoms with Crippen molar-refractivity contribution in [3.63, 3.8) is 0 Å². The molecular formula is C10H11NO2. The number of hydrogen-bond donors (Lipinski definition) is 2. The lowest BCUT2D eigenvalue weighted by Gasteiger charge is -2.17. The molecule has 0 saturated heterocycles. The van der Waals surface area contributed by atoms with Gasteiger partial charge in [-0.15, -0.1) is 0 Å². The van der Waals surface area contributed by atoms with Crippen LogP contribution in [-0.4, -0.2) is 10.9 Å². The molecule has 3 heteroatoms. The minimum absolute atomic E-state index is 0.0506. The molecule has 0 saturated carbocycles. The Morgan fingerprint density at radius 3 is 2.77 bits per heavy atom. The van der Waals surface area contributed by atoms with E-state index >= 15 is 0 Å². The molecule has 0 fully saturated rings. The number of carbonyl (C=O) groups is 1. The molecule has 3 nitrogen and oxygen atoms in total. The number of phenolic OH excluding ortho intramolecular Hbond substituents is 1. The highest BCUT2D eigenvalue weighted by Crippen LogP contribution is 2.32. The summed E-state index contributed by atoms with van der Waals surface area (Å²) >= 11 is 0. The second-order valence-corrected chi connectivity index (χ2v) is 3.30. The third-order valence-corrected chi connectivity index (χ3v) is 2.43. The SMILES string of the molecule is Nc1ccc(O)c2c1C(=O)CCC2. The Balaban J connectivity index is 2.67. The highest BCUT2D eigenvalue weighted by atomic mass is 16.3. The van der Waals surface area contributed by atoms with Gasteiger partial charge >= 0.3 is 0 Å². The summed E-state index contributed by atoms with van der Waals surface area (Å²) in [4.78, 5) is 11.5. The maximum atomic E-state index is 11.5. The lowest BCUT2D eigenvalue weighted by Crippen LogP contribution is -2.13. The zero-order valence-corrected chi connectivity index (χ0v) is 7.21. The average molecular weight is 177 g/mol. The number of hydrogen-bond acceptors (Lipinski definition) is 3. The number of nitrogens with two attached hydrogens (primary N) is 1. The van der Waals surface area contributed by atoms with Crippen LogP contribution in [0.2, 0.25) is 0 Å². The van der Waals surface area contributed by atoms with E-state index in [0.717, 1.165) is 18.4 Å². The fourth-order valence-corrected chi connectivity index (χ4v) is 1.79. The molecular weight excluding hydrogens is 166 g/mol. The van der Waals surface area contributed by atoms with Crippen molar-refractivity contribution < 1.29 is 9.90 Å². The molecule has 2 rings (SSSR count). The van der Waals surface area contributed by atoms with Crippen LogP contribution in [0.1, 0.15) is 28.8 Å². The smallest absolute Gasteiger partial charge is 0.165 e. The van der Waals surface area contributed by atoms with Crippen LogP contribution in [0.4, 0.5) is 5.69 Å². The van der Waals surface area contributed by atoms with E-state index in [1.165, 1.54) is 0 Å². The van der Waals surface area contributed by atoms with Gasteiger partial charge in [-0.25, -0.2) is 0 Å². The van der Waals surface area contributed by atoms with E-state index in [1.54, 1.807) is 12.1 Å². The molecule has 0 unspecified atom stereocenters. The quantitative estimate of drug-likeness (QED) is 0.466. The Kier molecular flexibility index (Phi) is 1.72. The molecule has 3 N–H and O–H groups in total. The van der Waals surface area contributed by atoms with Gasteiger partial charge in [0.25, 0.3) is 0 Å². The largest absolute Gasteiger partial charge is 0.508 e. The summed E-state index contributed by atoms with van der Waals surface area (Å²) in [6, 6.07) is 3.13. The standard InChI is InChI=1S/C10H11NO2/c11-7-4-5-8(12)6-2-1-3-9(13)10(6)7/h4-5,12H,1-3,11H2. The van der Waals surface area contributed by atoms with Crippen molar-refractivity contribution in [1.29, 1.82) is 0 Å². The van der Waals surface area contributed by atoms with Crippen molar-refractivity contribution >= 4 is 11.5 Å². The van der Waals surface area contributed by atoms with Crippen LogP contribution in [0, 0.1) is 0 Å². The van der Waals surface area contributed by atoms with E-state index in [4.69, 9.17) is 5.73 Å². The molecule has 1 aliphatic rings. The fraction of sp³-hybridized carbons (Fsp3) is 0.300. The molecule has 0 spiro atoms. The van der Waals surface area contributed by atoms with Gasteiger partial charge in [-0.05, 0) is 25.0 Å². The highest BCUT2D eigenvalue weighted by Gasteiger charge is 2.21. The number of nitrogen functional groups attached to an aromatic ring is 1. The number of ketones is 1. The van der Waals surface area contributed by atoms with Gasteiger partial charge in [0.05, 0.1) is 0 Å². The predicted molar refractivity (Wildman–Crippen MR) is 49.8 cm³/mol. The summed E-state index contributed by atoms with van der Waals surface area (Å²) in [6.45, 7) is 0. The molecule has 13 heavy (non-hydrogen) atoms. The Morgan fingerprint density at radius 1 is 1.31 bits per heavy atom. The number of phenols is 1. The minimum Gasteiger partial charge on any atom is -0.508 e. The van der Waals surface area contributed by atoms with Crippen LogP contribution in [0.15, 0.2) is 12.1 Å². The van der Waals surface area contributed by atoms with Gasteiger partial charge in [-0.3, -0.25) is 4.79 Å². The zero-order chi connectivity index (χ0) is 9.42. The fourth-order valence-electron chi connectivity index (χ4n) is 1.79. The molecule has 1 aromatic rings. The van der Waals surface area contributed by atoms with Crippen molar-refractivity contribution in [1.82, 2.24) is 0 Å². The second kappa shape index (κ2) is 2.76. The highest BCUT2D eigenvalue weighted by molar-refractivity contribution is 6.03. The number of aromatic hydroxyl groups is 1. The molecule has 0 bridgehead atoms. The number of carbonyl (C=O) groups excluding carboxylic acids is 1. The summed E-state index contributed by atoms with van der Waals surface area (Å²) in [7, 11) is 0. The summed E-state index contributed by atoms with van der Waals surface area (Å²) in [6.07, 6.45) is 2.10. The van der Waals surface area contributed by atoms with Crippen LogP contribution in [0.5, 0.6) is 5.75 Å². The summed E-state index contributed by atoms with van der Waals surface area (Å²) in [5.41, 5.74) is 7.40. The van der Waals surface area contributed by atoms with Gasteiger partial charge in [0, 0.05) is 23.2 Å². The van der Waals surface area contributed by atoms with Gasteiger partial charge in [0.15, 0.2) is 5.78 Å². The maximum Gasteiger partial charge on any atom is 0.165 e. The van der Waals surface area contributed by atoms with E-state index in [2.05, 4.69) is 0 Å². The predicted octanol–water partition coefficient (Wildman–Crippen LogP) is 1.49. The average Bonchev–Trinajstić information content (AvgIpc) is 2.12. The number of benzene rings is 1. The number of Topliss-reactive ketones (excluding diaryl/α,β-unsaturated/α-hetero) is 1. The molecule has 0 aromatic heterocycles. The van der Waals surface area contributed by atoms with Crippen molar-refractivity contribution in [2.75, 3.05) is 5.73 Å². The van der Waals surface area contributed by atoms with Crippen molar-refractivity contribution in [3.05, 3.63) is 23.3 Å². The van der Waals surface area contributed by atoms with Crippen LogP contribution < -0.4 is 5.73 Å². The van der Waals surface area contributed by atoms with Gasteiger partial charge in [0.1, 0.15) is 5.75 Å². The molecule has 1 aliphatic carbocycles. The van der Waals surface area contributed by atoms with Crippen molar-refractivity contribution in [2.24, 2.45) is 0 Å². The van der Waals surface area contributed by atoms with Crippen LogP contribution in [0.3, 0.4) is 0 Å². The van der Waals surface area contributed by atoms with Gasteiger partial charge < -0.3 is 10.8 Å². The Morgan fingerprint density at radius 2 is 2.08 bits per heavy atom. The maximum absolute atomic E-state index is 11.5. The van der Waals surface area contributed by atoms with E-state index < -0.39 is 0 Å². The Bertz CT molecular complexity index is 371. The number of fused-ring (bicyclic) bond motifs is 1. The first-order valence-electron chi connectivity index (χ1n) is 4.33. The van der Waals surface area contributed by atoms with Crippen LogP contribution in [-0.2, 0) is 6.42 Å². The first-order chi connectivity index (χ1) is 6.20. The molecule has 1 aromatic carbocycles. The van der Waals surface area contributed by atoms with Gasteiger partial charge in [-0.2, -0.15) is 0 Å². The van der Waals surface area contributed by atoms with Crippen LogP contribution in [0.25, 0.3) is 0 Å². The number of anilines is 1. The van der Waals surface area contributed by atoms with Crippen LogP contribution >= 0.6 is 0 Å². The molecule has 0 heterocycles. The van der Waals surface area contributed by atoms with Crippen molar-refractivity contribution in [2.45, 2.75) is 19.3 Å². The summed E-state index contributed by atoms with van der Waals surface area (Å²) in [5, 5.41) is 9.49. The summed E-state index contributed by atoms with van der Waals surface area (Å²) < 4.78 is 0. The molecule has 0 amide bonds. The lowest BCUT2D eigenvalue weighted by molar-refractivity contribution is 0.0972. The summed E-state index contributed by atoms with van der Waals surface area (Å²) in [5.74, 6) is 0.243. The molecule has 0 radical (unpaired) electrons. The number of rotatable bonds is 0. The topological polar surface area (TPSA) is 63.3 Å². The van der Waals surface area contributed by atoms with E-state index in [1.807, 2.05) is 0 Å². The Labute approximate surface area is 76.2 Å². The normalized spacial score (nSPS) is 15.5. The van der Waals surface area contributed by atoms with E-state index in [-0.39, 0.29) is 11.5 Å². The monoisotopic (exact) mass is 177 g/mol. The first kappa shape index (κ1) is 8.10. The Hall–Kier alpha value is -1.51. The third kappa shape index (κ3) is 1.16. The van der Waals surface area contributed by atoms with Crippen molar-refractivity contribution in [3.8, 4) is 5.75 Å². The van der Waals surface area contributed by atoms with E-state index in [9.17, 15) is 9.90 Å². The van der Waals surface area contributed by atoms with Gasteiger partial charge in [0.2, 0.25) is 0 Å². The lowest BCUT2D eigenvalue weighted by atomic mass is 9.89. The minimum atomic E-state index is 0.0506. The second-order valence-electron chi connectivity index (χ2n) is 3.30. The molecule has 0 aliphatic heterocycles. The molecule has 0 atom stereocenters. The van der Waals surface area contributed by atoms with Gasteiger partial charge in [-0.1, -0.05) is 0 Å². The third-order valence-electron chi connectivity index (χ3n) is 2.43. The van der Waals surface area contributed by atoms with E-state index in [0.29, 0.717) is 17.7 Å². The molecule has 68 valence electrons. The zero-order valence-electron chi connectivity index (χ0n) is 7.21. The first-order valence-corrected chi connectivity index (χ1v) is 4.33.